The summed E-state index contributed by atoms with van der Waals surface area (Å²) in [6.45, 7) is 7.81. The van der Waals surface area contributed by atoms with Crippen LogP contribution in [0.25, 0.3) is 21.7 Å². The number of thiazole rings is 1. The van der Waals surface area contributed by atoms with Crippen LogP contribution in [0.15, 0.2) is 46.9 Å². The number of nitriles is 1. The van der Waals surface area contributed by atoms with Crippen LogP contribution in [0.4, 0.5) is 11.1 Å². The molecule has 0 radical (unpaired) electrons. The molecule has 0 amide bonds. The van der Waals surface area contributed by atoms with Crippen molar-refractivity contribution in [1.82, 2.24) is 15.2 Å². The summed E-state index contributed by atoms with van der Waals surface area (Å²) < 4.78 is 23.8. The number of methoxy groups -OCH3 is 1. The molecule has 0 atom stereocenters. The van der Waals surface area contributed by atoms with Gasteiger partial charge >= 0.3 is 6.01 Å². The van der Waals surface area contributed by atoms with Gasteiger partial charge in [0.2, 0.25) is 5.89 Å². The van der Waals surface area contributed by atoms with Crippen molar-refractivity contribution in [2.75, 3.05) is 32.0 Å². The SMILES string of the molecule is COc1cccc2sc(N(COCC[Si](C)(C)C)c3nnc(-c4ccc(OCC#N)cc4)o3)nc12. The van der Waals surface area contributed by atoms with Gasteiger partial charge in [0.05, 0.1) is 11.8 Å². The lowest BCUT2D eigenvalue weighted by Gasteiger charge is -2.19. The summed E-state index contributed by atoms with van der Waals surface area (Å²) >= 11 is 1.50. The molecule has 35 heavy (non-hydrogen) atoms. The minimum atomic E-state index is -1.23. The molecule has 0 bridgehead atoms. The molecular formula is C24H27N5O4SSi. The molecule has 2 aromatic carbocycles. The van der Waals surface area contributed by atoms with Gasteiger partial charge in [-0.3, -0.25) is 0 Å². The van der Waals surface area contributed by atoms with Crippen LogP contribution in [0.3, 0.4) is 0 Å². The summed E-state index contributed by atoms with van der Waals surface area (Å²) in [6, 6.07) is 16.2. The summed E-state index contributed by atoms with van der Waals surface area (Å²) in [5.74, 6) is 1.66. The first-order valence-electron chi connectivity index (χ1n) is 11.1. The predicted octanol–water partition coefficient (Wildman–Crippen LogP) is 5.71. The highest BCUT2D eigenvalue weighted by atomic mass is 32.1. The number of rotatable bonds is 11. The third-order valence-corrected chi connectivity index (χ3v) is 7.84. The highest BCUT2D eigenvalue weighted by molar-refractivity contribution is 7.22. The third kappa shape index (κ3) is 6.16. The fraction of sp³-hybridized carbons (Fsp3) is 0.333. The summed E-state index contributed by atoms with van der Waals surface area (Å²) in [5.41, 5.74) is 1.51. The van der Waals surface area contributed by atoms with Crippen LogP contribution in [0, 0.1) is 11.3 Å². The topological polar surface area (TPSA) is 107 Å². The minimum Gasteiger partial charge on any atom is -0.494 e. The number of ether oxygens (including phenoxy) is 3. The molecule has 2 heterocycles. The Hall–Kier alpha value is -3.46. The molecule has 0 aliphatic carbocycles. The van der Waals surface area contributed by atoms with Gasteiger partial charge in [-0.2, -0.15) is 5.26 Å². The van der Waals surface area contributed by atoms with E-state index < -0.39 is 8.07 Å². The van der Waals surface area contributed by atoms with E-state index in [4.69, 9.17) is 28.9 Å². The summed E-state index contributed by atoms with van der Waals surface area (Å²) in [6.07, 6.45) is 0. The Morgan fingerprint density at radius 3 is 2.63 bits per heavy atom. The third-order valence-electron chi connectivity index (χ3n) is 5.09. The van der Waals surface area contributed by atoms with Gasteiger partial charge in [-0.15, -0.1) is 5.10 Å². The van der Waals surface area contributed by atoms with Crippen molar-refractivity contribution in [2.24, 2.45) is 0 Å². The maximum Gasteiger partial charge on any atom is 0.326 e. The van der Waals surface area contributed by atoms with Crippen molar-refractivity contribution < 1.29 is 18.6 Å². The predicted molar refractivity (Wildman–Crippen MR) is 138 cm³/mol. The molecule has 0 unspecified atom stereocenters. The van der Waals surface area contributed by atoms with Crippen molar-refractivity contribution in [1.29, 1.82) is 5.26 Å². The normalized spacial score (nSPS) is 11.4. The molecule has 182 valence electrons. The number of aromatic nitrogens is 3. The monoisotopic (exact) mass is 509 g/mol. The van der Waals surface area contributed by atoms with Crippen LogP contribution >= 0.6 is 11.3 Å². The summed E-state index contributed by atoms with van der Waals surface area (Å²) in [7, 11) is 0.399. The Balaban J connectivity index is 1.60. The van der Waals surface area contributed by atoms with Crippen molar-refractivity contribution in [3.05, 3.63) is 42.5 Å². The molecule has 0 saturated heterocycles. The second-order valence-electron chi connectivity index (χ2n) is 8.94. The van der Waals surface area contributed by atoms with Gasteiger partial charge < -0.3 is 18.6 Å². The Bertz CT molecular complexity index is 1310. The van der Waals surface area contributed by atoms with Crippen LogP contribution in [-0.4, -0.2) is 50.3 Å². The van der Waals surface area contributed by atoms with Crippen molar-refractivity contribution in [3.8, 4) is 29.0 Å². The van der Waals surface area contributed by atoms with Crippen molar-refractivity contribution in [2.45, 2.75) is 25.7 Å². The van der Waals surface area contributed by atoms with Gasteiger partial charge in [-0.25, -0.2) is 9.88 Å². The van der Waals surface area contributed by atoms with Gasteiger partial charge in [0.25, 0.3) is 0 Å². The summed E-state index contributed by atoms with van der Waals surface area (Å²) in [4.78, 5) is 6.57. The van der Waals surface area contributed by atoms with Gasteiger partial charge in [0.15, 0.2) is 11.7 Å². The smallest absolute Gasteiger partial charge is 0.326 e. The van der Waals surface area contributed by atoms with E-state index >= 15 is 0 Å². The van der Waals surface area contributed by atoms with E-state index in [9.17, 15) is 0 Å². The number of anilines is 2. The van der Waals surface area contributed by atoms with Gasteiger partial charge in [-0.1, -0.05) is 42.1 Å². The zero-order valence-electron chi connectivity index (χ0n) is 20.1. The highest BCUT2D eigenvalue weighted by Gasteiger charge is 2.23. The van der Waals surface area contributed by atoms with Gasteiger partial charge in [0.1, 0.15) is 29.8 Å². The molecule has 11 heteroatoms. The van der Waals surface area contributed by atoms with E-state index in [0.29, 0.717) is 29.1 Å². The van der Waals surface area contributed by atoms with Crippen LogP contribution in [0.2, 0.25) is 25.7 Å². The van der Waals surface area contributed by atoms with E-state index in [0.717, 1.165) is 21.8 Å². The zero-order valence-corrected chi connectivity index (χ0v) is 22.0. The highest BCUT2D eigenvalue weighted by Crippen LogP contribution is 2.37. The fourth-order valence-electron chi connectivity index (χ4n) is 3.17. The minimum absolute atomic E-state index is 0.0103. The second kappa shape index (κ2) is 10.9. The van der Waals surface area contributed by atoms with Gasteiger partial charge in [-0.05, 0) is 42.4 Å². The average molecular weight is 510 g/mol. The molecule has 0 saturated carbocycles. The fourth-order valence-corrected chi connectivity index (χ4v) is 4.89. The van der Waals surface area contributed by atoms with Crippen LogP contribution in [0.1, 0.15) is 0 Å². The van der Waals surface area contributed by atoms with Crippen LogP contribution in [-0.2, 0) is 4.74 Å². The van der Waals surface area contributed by atoms with Gasteiger partial charge in [0, 0.05) is 20.2 Å². The Morgan fingerprint density at radius 1 is 1.11 bits per heavy atom. The number of fused-ring (bicyclic) bond motifs is 1. The first kappa shape index (κ1) is 24.7. The van der Waals surface area contributed by atoms with Crippen LogP contribution < -0.4 is 14.4 Å². The zero-order chi connectivity index (χ0) is 24.8. The van der Waals surface area contributed by atoms with E-state index in [2.05, 4.69) is 29.8 Å². The maximum absolute atomic E-state index is 8.67. The second-order valence-corrected chi connectivity index (χ2v) is 15.6. The molecule has 0 spiro atoms. The number of para-hydroxylation sites is 1. The molecule has 0 aliphatic heterocycles. The quantitative estimate of drug-likeness (QED) is 0.143. The van der Waals surface area contributed by atoms with Crippen molar-refractivity contribution in [3.63, 3.8) is 0 Å². The number of nitrogens with zero attached hydrogens (tertiary/aromatic N) is 5. The lowest BCUT2D eigenvalue weighted by Crippen LogP contribution is -2.25. The van der Waals surface area contributed by atoms with Crippen LogP contribution in [0.5, 0.6) is 11.5 Å². The summed E-state index contributed by atoms with van der Waals surface area (Å²) in [5, 5.41) is 17.9. The molecule has 0 fully saturated rings. The number of hydrogen-bond donors (Lipinski definition) is 0. The largest absolute Gasteiger partial charge is 0.494 e. The van der Waals surface area contributed by atoms with E-state index in [-0.39, 0.29) is 19.4 Å². The van der Waals surface area contributed by atoms with E-state index in [1.165, 1.54) is 11.3 Å². The molecule has 2 aromatic heterocycles. The van der Waals surface area contributed by atoms with E-state index in [1.54, 1.807) is 36.3 Å². The lowest BCUT2D eigenvalue weighted by atomic mass is 10.2. The molecular weight excluding hydrogens is 482 g/mol. The molecule has 9 nitrogen and oxygen atoms in total. The Labute approximate surface area is 208 Å². The maximum atomic E-state index is 8.67. The van der Waals surface area contributed by atoms with Crippen molar-refractivity contribution >= 4 is 40.8 Å². The standard InChI is InChI=1S/C24H27N5O4SSi/c1-30-19-6-5-7-20-21(19)26-24(34-20)29(16-31-14-15-35(2,3)4)23-28-27-22(33-23)17-8-10-18(11-9-17)32-13-12-25/h5-11H,13-16H2,1-4H3. The Kier molecular flexibility index (Phi) is 7.65. The van der Waals surface area contributed by atoms with E-state index in [1.807, 2.05) is 24.3 Å². The first-order chi connectivity index (χ1) is 16.9. The average Bonchev–Trinajstić information content (AvgIpc) is 3.50. The first-order valence-corrected chi connectivity index (χ1v) is 15.6. The Morgan fingerprint density at radius 2 is 1.91 bits per heavy atom. The lowest BCUT2D eigenvalue weighted by molar-refractivity contribution is 0.150. The number of benzene rings is 2. The molecule has 0 aliphatic rings. The molecule has 4 rings (SSSR count). The molecule has 4 aromatic rings. The number of hydrogen-bond acceptors (Lipinski definition) is 10. The molecule has 0 N–H and O–H groups in total.